The molecule has 1 rings (SSSR count). The molecule has 0 aliphatic heterocycles. The first-order chi connectivity index (χ1) is 6.83. The third-order valence-electron chi connectivity index (χ3n) is 2.14. The second-order valence-corrected chi connectivity index (χ2v) is 3.44. The van der Waals surface area contributed by atoms with Crippen LogP contribution < -0.4 is 0 Å². The highest BCUT2D eigenvalue weighted by atomic mass is 16.1. The first-order valence-corrected chi connectivity index (χ1v) is 5.27. The molecule has 0 saturated carbocycles. The highest BCUT2D eigenvalue weighted by molar-refractivity contribution is 6.16. The van der Waals surface area contributed by atoms with Gasteiger partial charge in [0.2, 0.25) is 0 Å². The highest BCUT2D eigenvalue weighted by Crippen LogP contribution is 2.01. The third-order valence-corrected chi connectivity index (χ3v) is 2.14. The second kappa shape index (κ2) is 6.30. The summed E-state index contributed by atoms with van der Waals surface area (Å²) in [6, 6.07) is 0. The zero-order valence-corrected chi connectivity index (χ0v) is 8.70. The van der Waals surface area contributed by atoms with Gasteiger partial charge in [0.1, 0.15) is 0 Å². The maximum absolute atomic E-state index is 10.8. The van der Waals surface area contributed by atoms with Gasteiger partial charge in [0.25, 0.3) is 0 Å². The molecule has 2 nitrogen and oxygen atoms in total. The Bertz CT molecular complexity index is 256. The number of aliphatic imine (C=N–C) groups is 1. The Kier molecular flexibility index (Phi) is 4.90. The molecule has 0 fully saturated rings. The van der Waals surface area contributed by atoms with E-state index in [-0.39, 0.29) is 5.78 Å². The predicted molar refractivity (Wildman–Crippen MR) is 59.7 cm³/mol. The predicted octanol–water partition coefficient (Wildman–Crippen LogP) is 2.70. The minimum Gasteiger partial charge on any atom is -0.290 e. The summed E-state index contributed by atoms with van der Waals surface area (Å²) in [5.74, 6) is 0.0509. The van der Waals surface area contributed by atoms with E-state index < -0.39 is 0 Å². The van der Waals surface area contributed by atoms with E-state index in [9.17, 15) is 4.79 Å². The monoisotopic (exact) mass is 191 g/mol. The molecule has 0 radical (unpaired) electrons. The Morgan fingerprint density at radius 1 is 1.07 bits per heavy atom. The van der Waals surface area contributed by atoms with Crippen molar-refractivity contribution in [3.8, 4) is 0 Å². The minimum absolute atomic E-state index is 0.0509. The van der Waals surface area contributed by atoms with Gasteiger partial charge < -0.3 is 0 Å². The Labute approximate surface area is 85.4 Å². The van der Waals surface area contributed by atoms with Crippen molar-refractivity contribution in [1.82, 2.24) is 0 Å². The van der Waals surface area contributed by atoms with Crippen LogP contribution in [0.15, 0.2) is 29.3 Å². The molecule has 0 bridgehead atoms. The van der Waals surface area contributed by atoms with Crippen molar-refractivity contribution >= 4 is 11.5 Å². The zero-order valence-electron chi connectivity index (χ0n) is 8.70. The fourth-order valence-electron chi connectivity index (χ4n) is 1.30. The highest BCUT2D eigenvalue weighted by Gasteiger charge is 1.98. The SMILES string of the molecule is CCCCCCN=C1C=CC(=O)C=C1. The van der Waals surface area contributed by atoms with Gasteiger partial charge in [-0.1, -0.05) is 26.2 Å². The van der Waals surface area contributed by atoms with Crippen LogP contribution in [0.1, 0.15) is 32.6 Å². The third kappa shape index (κ3) is 4.17. The number of ketones is 1. The summed E-state index contributed by atoms with van der Waals surface area (Å²) in [6.07, 6.45) is 11.6. The van der Waals surface area contributed by atoms with Crippen molar-refractivity contribution in [1.29, 1.82) is 0 Å². The van der Waals surface area contributed by atoms with Gasteiger partial charge in [-0.3, -0.25) is 9.79 Å². The second-order valence-electron chi connectivity index (χ2n) is 3.44. The molecule has 2 heteroatoms. The van der Waals surface area contributed by atoms with Crippen molar-refractivity contribution in [3.63, 3.8) is 0 Å². The standard InChI is InChI=1S/C12H17NO/c1-2-3-4-5-10-13-11-6-8-12(14)9-7-11/h6-9H,2-5,10H2,1H3. The lowest BCUT2D eigenvalue weighted by Gasteiger charge is -1.99. The van der Waals surface area contributed by atoms with E-state index in [0.717, 1.165) is 18.7 Å². The van der Waals surface area contributed by atoms with Crippen molar-refractivity contribution < 1.29 is 4.79 Å². The largest absolute Gasteiger partial charge is 0.290 e. The Morgan fingerprint density at radius 3 is 2.43 bits per heavy atom. The molecule has 0 aromatic heterocycles. The molecule has 0 unspecified atom stereocenters. The average molecular weight is 191 g/mol. The smallest absolute Gasteiger partial charge is 0.178 e. The van der Waals surface area contributed by atoms with Crippen LogP contribution in [0.3, 0.4) is 0 Å². The molecule has 14 heavy (non-hydrogen) atoms. The van der Waals surface area contributed by atoms with E-state index in [1.165, 1.54) is 19.3 Å². The van der Waals surface area contributed by atoms with E-state index in [1.807, 2.05) is 0 Å². The summed E-state index contributed by atoms with van der Waals surface area (Å²) in [7, 11) is 0. The van der Waals surface area contributed by atoms with Crippen LogP contribution in [0.25, 0.3) is 0 Å². The van der Waals surface area contributed by atoms with E-state index in [1.54, 1.807) is 24.3 Å². The van der Waals surface area contributed by atoms with Crippen molar-refractivity contribution in [3.05, 3.63) is 24.3 Å². The minimum atomic E-state index is 0.0509. The zero-order chi connectivity index (χ0) is 10.2. The molecule has 76 valence electrons. The van der Waals surface area contributed by atoms with Gasteiger partial charge in [0.05, 0.1) is 5.71 Å². The molecular formula is C12H17NO. The van der Waals surface area contributed by atoms with Crippen LogP contribution in [0, 0.1) is 0 Å². The van der Waals surface area contributed by atoms with E-state index >= 15 is 0 Å². The van der Waals surface area contributed by atoms with Gasteiger partial charge in [0, 0.05) is 6.54 Å². The quantitative estimate of drug-likeness (QED) is 0.485. The first kappa shape index (κ1) is 10.9. The number of carbonyl (C=O) groups is 1. The lowest BCUT2D eigenvalue weighted by molar-refractivity contribution is -0.110. The molecule has 0 atom stereocenters. The Morgan fingerprint density at radius 2 is 1.79 bits per heavy atom. The fourth-order valence-corrected chi connectivity index (χ4v) is 1.30. The number of hydrogen-bond donors (Lipinski definition) is 0. The summed E-state index contributed by atoms with van der Waals surface area (Å²) < 4.78 is 0. The number of allylic oxidation sites excluding steroid dienone is 4. The van der Waals surface area contributed by atoms with Crippen LogP contribution in [-0.2, 0) is 4.79 Å². The lowest BCUT2D eigenvalue weighted by Crippen LogP contribution is -2.00. The van der Waals surface area contributed by atoms with E-state index in [0.29, 0.717) is 0 Å². The van der Waals surface area contributed by atoms with Gasteiger partial charge in [-0.2, -0.15) is 0 Å². The summed E-state index contributed by atoms with van der Waals surface area (Å²) in [4.78, 5) is 15.2. The van der Waals surface area contributed by atoms with Crippen LogP contribution in [-0.4, -0.2) is 18.0 Å². The molecule has 0 aromatic rings. The average Bonchev–Trinajstić information content (AvgIpc) is 2.21. The first-order valence-electron chi connectivity index (χ1n) is 5.27. The number of rotatable bonds is 5. The van der Waals surface area contributed by atoms with Crippen LogP contribution in [0.2, 0.25) is 0 Å². The van der Waals surface area contributed by atoms with Crippen molar-refractivity contribution in [2.24, 2.45) is 4.99 Å². The molecular weight excluding hydrogens is 174 g/mol. The van der Waals surface area contributed by atoms with Crippen LogP contribution in [0.5, 0.6) is 0 Å². The van der Waals surface area contributed by atoms with Crippen molar-refractivity contribution in [2.75, 3.05) is 6.54 Å². The summed E-state index contributed by atoms with van der Waals surface area (Å²) in [5, 5.41) is 0. The number of carbonyl (C=O) groups excluding carboxylic acids is 1. The van der Waals surface area contributed by atoms with Gasteiger partial charge >= 0.3 is 0 Å². The molecule has 1 aliphatic rings. The van der Waals surface area contributed by atoms with Crippen LogP contribution >= 0.6 is 0 Å². The normalized spacial score (nSPS) is 14.9. The molecule has 0 heterocycles. The Hall–Kier alpha value is -1.18. The van der Waals surface area contributed by atoms with Gasteiger partial charge in [-0.25, -0.2) is 0 Å². The number of unbranched alkanes of at least 4 members (excludes halogenated alkanes) is 3. The van der Waals surface area contributed by atoms with Gasteiger partial charge in [-0.15, -0.1) is 0 Å². The van der Waals surface area contributed by atoms with E-state index in [4.69, 9.17) is 0 Å². The lowest BCUT2D eigenvalue weighted by atomic mass is 10.1. The molecule has 1 aliphatic carbocycles. The summed E-state index contributed by atoms with van der Waals surface area (Å²) in [5.41, 5.74) is 0.918. The molecule has 0 saturated heterocycles. The molecule has 0 spiro atoms. The number of hydrogen-bond acceptors (Lipinski definition) is 2. The maximum atomic E-state index is 10.8. The summed E-state index contributed by atoms with van der Waals surface area (Å²) >= 11 is 0. The van der Waals surface area contributed by atoms with Gasteiger partial charge in [0.15, 0.2) is 5.78 Å². The summed E-state index contributed by atoms with van der Waals surface area (Å²) in [6.45, 7) is 3.07. The molecule has 0 N–H and O–H groups in total. The Balaban J connectivity index is 2.22. The van der Waals surface area contributed by atoms with E-state index in [2.05, 4.69) is 11.9 Å². The topological polar surface area (TPSA) is 29.4 Å². The molecule has 0 amide bonds. The van der Waals surface area contributed by atoms with Crippen molar-refractivity contribution in [2.45, 2.75) is 32.6 Å². The fraction of sp³-hybridized carbons (Fsp3) is 0.500. The maximum Gasteiger partial charge on any atom is 0.178 e. The van der Waals surface area contributed by atoms with Crippen LogP contribution in [0.4, 0.5) is 0 Å². The molecule has 0 aromatic carbocycles. The van der Waals surface area contributed by atoms with Gasteiger partial charge in [-0.05, 0) is 30.7 Å². The number of nitrogens with zero attached hydrogens (tertiary/aromatic N) is 1.